The number of hydrogen-bond acceptors (Lipinski definition) is 2. The molecule has 0 aliphatic heterocycles. The highest BCUT2D eigenvalue weighted by Crippen LogP contribution is 2.07. The number of nitrogens with two attached hydrogens (primary N) is 1. The molecular formula is C11H16ClNO. The zero-order valence-electron chi connectivity index (χ0n) is 8.32. The predicted molar refractivity (Wildman–Crippen MR) is 60.6 cm³/mol. The summed E-state index contributed by atoms with van der Waals surface area (Å²) < 4.78 is 0. The Bertz CT molecular complexity index is 299. The van der Waals surface area contributed by atoms with E-state index in [9.17, 15) is 4.79 Å². The average molecular weight is 214 g/mol. The standard InChI is InChI=1S/C11H15NO.ClH/c1-9(13)5-6-10-3-2-4-11(7-10)8-12;/h2-4,7H,5-6,8,12H2,1H3;1H. The molecule has 1 aromatic carbocycles. The summed E-state index contributed by atoms with van der Waals surface area (Å²) in [5.74, 6) is 0.234. The molecule has 0 aromatic heterocycles. The van der Waals surface area contributed by atoms with E-state index in [1.165, 1.54) is 5.56 Å². The molecule has 0 aliphatic rings. The second kappa shape index (κ2) is 6.57. The first-order chi connectivity index (χ1) is 6.22. The Morgan fingerprint density at radius 3 is 2.57 bits per heavy atom. The summed E-state index contributed by atoms with van der Waals surface area (Å²) in [5.41, 5.74) is 7.83. The van der Waals surface area contributed by atoms with Crippen LogP contribution in [0.25, 0.3) is 0 Å². The van der Waals surface area contributed by atoms with Crippen molar-refractivity contribution in [1.82, 2.24) is 0 Å². The first-order valence-corrected chi connectivity index (χ1v) is 4.49. The smallest absolute Gasteiger partial charge is 0.130 e. The second-order valence-corrected chi connectivity index (χ2v) is 3.23. The second-order valence-electron chi connectivity index (χ2n) is 3.23. The monoisotopic (exact) mass is 213 g/mol. The van der Waals surface area contributed by atoms with Crippen molar-refractivity contribution in [3.8, 4) is 0 Å². The van der Waals surface area contributed by atoms with Crippen LogP contribution in [0.1, 0.15) is 24.5 Å². The molecule has 0 unspecified atom stereocenters. The van der Waals surface area contributed by atoms with Gasteiger partial charge in [0, 0.05) is 13.0 Å². The highest BCUT2D eigenvalue weighted by atomic mass is 35.5. The van der Waals surface area contributed by atoms with Gasteiger partial charge in [-0.15, -0.1) is 12.4 Å². The zero-order valence-corrected chi connectivity index (χ0v) is 9.14. The third-order valence-corrected chi connectivity index (χ3v) is 1.99. The van der Waals surface area contributed by atoms with E-state index in [1.54, 1.807) is 6.92 Å². The fourth-order valence-electron chi connectivity index (χ4n) is 1.23. The Kier molecular flexibility index (Phi) is 6.17. The number of hydrogen-bond donors (Lipinski definition) is 1. The number of carbonyl (C=O) groups is 1. The van der Waals surface area contributed by atoms with Crippen LogP contribution in [-0.4, -0.2) is 5.78 Å². The molecule has 0 saturated carbocycles. The van der Waals surface area contributed by atoms with Gasteiger partial charge in [0.1, 0.15) is 5.78 Å². The van der Waals surface area contributed by atoms with E-state index in [2.05, 4.69) is 6.07 Å². The van der Waals surface area contributed by atoms with Gasteiger partial charge in [0.25, 0.3) is 0 Å². The van der Waals surface area contributed by atoms with E-state index in [1.807, 2.05) is 18.2 Å². The molecule has 78 valence electrons. The number of ketones is 1. The van der Waals surface area contributed by atoms with Gasteiger partial charge in [-0.1, -0.05) is 24.3 Å². The van der Waals surface area contributed by atoms with E-state index in [-0.39, 0.29) is 18.2 Å². The summed E-state index contributed by atoms with van der Waals surface area (Å²) in [5, 5.41) is 0. The van der Waals surface area contributed by atoms with Crippen molar-refractivity contribution in [3.63, 3.8) is 0 Å². The summed E-state index contributed by atoms with van der Waals surface area (Å²) in [6.45, 7) is 2.18. The summed E-state index contributed by atoms with van der Waals surface area (Å²) in [6.07, 6.45) is 1.44. The quantitative estimate of drug-likeness (QED) is 0.833. The molecule has 0 radical (unpaired) electrons. The molecule has 2 N–H and O–H groups in total. The molecule has 14 heavy (non-hydrogen) atoms. The highest BCUT2D eigenvalue weighted by Gasteiger charge is 1.97. The third-order valence-electron chi connectivity index (χ3n) is 1.99. The molecule has 0 aliphatic carbocycles. The Morgan fingerprint density at radius 2 is 2.00 bits per heavy atom. The average Bonchev–Trinajstić information content (AvgIpc) is 2.15. The molecule has 1 aromatic rings. The van der Waals surface area contributed by atoms with Crippen molar-refractivity contribution in [2.24, 2.45) is 5.73 Å². The van der Waals surface area contributed by atoms with Crippen molar-refractivity contribution >= 4 is 18.2 Å². The molecule has 1 rings (SSSR count). The molecule has 3 heteroatoms. The van der Waals surface area contributed by atoms with Crippen molar-refractivity contribution < 1.29 is 4.79 Å². The molecule has 0 spiro atoms. The van der Waals surface area contributed by atoms with E-state index in [4.69, 9.17) is 5.73 Å². The first-order valence-electron chi connectivity index (χ1n) is 4.49. The van der Waals surface area contributed by atoms with Crippen molar-refractivity contribution in [2.45, 2.75) is 26.3 Å². The van der Waals surface area contributed by atoms with Crippen LogP contribution in [0, 0.1) is 0 Å². The number of halogens is 1. The number of Topliss-reactive ketones (excluding diaryl/α,β-unsaturated/α-hetero) is 1. The fourth-order valence-corrected chi connectivity index (χ4v) is 1.23. The van der Waals surface area contributed by atoms with Crippen LogP contribution in [0.15, 0.2) is 24.3 Å². The first kappa shape index (κ1) is 13.1. The van der Waals surface area contributed by atoms with E-state index < -0.39 is 0 Å². The fraction of sp³-hybridized carbons (Fsp3) is 0.364. The lowest BCUT2D eigenvalue weighted by Gasteiger charge is -2.01. The summed E-state index contributed by atoms with van der Waals surface area (Å²) in [4.78, 5) is 10.7. The highest BCUT2D eigenvalue weighted by molar-refractivity contribution is 5.85. The largest absolute Gasteiger partial charge is 0.326 e. The van der Waals surface area contributed by atoms with Crippen LogP contribution >= 0.6 is 12.4 Å². The SMILES string of the molecule is CC(=O)CCc1cccc(CN)c1.Cl. The van der Waals surface area contributed by atoms with Crippen molar-refractivity contribution in [3.05, 3.63) is 35.4 Å². The van der Waals surface area contributed by atoms with Gasteiger partial charge in [-0.05, 0) is 24.5 Å². The maximum atomic E-state index is 10.7. The van der Waals surface area contributed by atoms with Gasteiger partial charge >= 0.3 is 0 Å². The maximum absolute atomic E-state index is 10.7. The van der Waals surface area contributed by atoms with Crippen molar-refractivity contribution in [2.75, 3.05) is 0 Å². The van der Waals surface area contributed by atoms with Gasteiger partial charge < -0.3 is 10.5 Å². The Hall–Kier alpha value is -0.860. The van der Waals surface area contributed by atoms with Crippen LogP contribution in [0.2, 0.25) is 0 Å². The number of benzene rings is 1. The van der Waals surface area contributed by atoms with Crippen LogP contribution in [0.4, 0.5) is 0 Å². The van der Waals surface area contributed by atoms with Gasteiger partial charge in [0.2, 0.25) is 0 Å². The Labute approximate surface area is 90.9 Å². The number of carbonyl (C=O) groups excluding carboxylic acids is 1. The lowest BCUT2D eigenvalue weighted by Crippen LogP contribution is -1.98. The van der Waals surface area contributed by atoms with Gasteiger partial charge in [-0.25, -0.2) is 0 Å². The van der Waals surface area contributed by atoms with Crippen LogP contribution in [-0.2, 0) is 17.8 Å². The maximum Gasteiger partial charge on any atom is 0.130 e. The summed E-state index contributed by atoms with van der Waals surface area (Å²) >= 11 is 0. The van der Waals surface area contributed by atoms with E-state index in [0.717, 1.165) is 12.0 Å². The lowest BCUT2D eigenvalue weighted by molar-refractivity contribution is -0.116. The lowest BCUT2D eigenvalue weighted by atomic mass is 10.1. The van der Waals surface area contributed by atoms with Gasteiger partial charge in [0.05, 0.1) is 0 Å². The zero-order chi connectivity index (χ0) is 9.68. The number of aryl methyl sites for hydroxylation is 1. The molecule has 0 atom stereocenters. The topological polar surface area (TPSA) is 43.1 Å². The molecule has 0 fully saturated rings. The predicted octanol–water partition coefficient (Wildman–Crippen LogP) is 2.09. The molecule has 0 bridgehead atoms. The molecular weight excluding hydrogens is 198 g/mol. The van der Waals surface area contributed by atoms with Gasteiger partial charge in [-0.2, -0.15) is 0 Å². The molecule has 0 amide bonds. The van der Waals surface area contributed by atoms with E-state index >= 15 is 0 Å². The number of rotatable bonds is 4. The summed E-state index contributed by atoms with van der Waals surface area (Å²) in [6, 6.07) is 8.07. The Morgan fingerprint density at radius 1 is 1.36 bits per heavy atom. The van der Waals surface area contributed by atoms with Crippen LogP contribution in [0.5, 0.6) is 0 Å². The van der Waals surface area contributed by atoms with Crippen LogP contribution in [0.3, 0.4) is 0 Å². The van der Waals surface area contributed by atoms with Gasteiger partial charge in [-0.3, -0.25) is 0 Å². The minimum absolute atomic E-state index is 0. The third kappa shape index (κ3) is 4.40. The van der Waals surface area contributed by atoms with Gasteiger partial charge in [0.15, 0.2) is 0 Å². The van der Waals surface area contributed by atoms with Crippen LogP contribution < -0.4 is 5.73 Å². The minimum atomic E-state index is 0. The molecule has 0 heterocycles. The normalized spacial score (nSPS) is 9.29. The minimum Gasteiger partial charge on any atom is -0.326 e. The van der Waals surface area contributed by atoms with Crippen molar-refractivity contribution in [1.29, 1.82) is 0 Å². The Balaban J connectivity index is 0.00000169. The molecule has 2 nitrogen and oxygen atoms in total. The molecule has 0 saturated heterocycles. The summed E-state index contributed by atoms with van der Waals surface area (Å²) in [7, 11) is 0. The van der Waals surface area contributed by atoms with E-state index in [0.29, 0.717) is 13.0 Å².